The first-order valence-corrected chi connectivity index (χ1v) is 4.14. The number of aromatic nitrogens is 1. The molecule has 0 spiro atoms. The van der Waals surface area contributed by atoms with Gasteiger partial charge in [-0.15, -0.1) is 0 Å². The number of alkyl halides is 2. The van der Waals surface area contributed by atoms with Crippen LogP contribution in [-0.2, 0) is 11.2 Å². The van der Waals surface area contributed by atoms with Gasteiger partial charge in [0.15, 0.2) is 0 Å². The van der Waals surface area contributed by atoms with Crippen LogP contribution in [0.1, 0.15) is 17.7 Å². The lowest BCUT2D eigenvalue weighted by Crippen LogP contribution is -2.06. The summed E-state index contributed by atoms with van der Waals surface area (Å²) in [4.78, 5) is 13.5. The number of rotatable bonds is 3. The lowest BCUT2D eigenvalue weighted by molar-refractivity contribution is -0.136. The monoisotopic (exact) mass is 239 g/mol. The molecule has 82 valence electrons. The van der Waals surface area contributed by atoms with E-state index in [2.05, 4.69) is 4.98 Å². The van der Waals surface area contributed by atoms with Crippen LogP contribution in [0, 0.1) is 5.82 Å². The topological polar surface area (TPSA) is 50.2 Å². The second-order valence-corrected chi connectivity index (χ2v) is 3.03. The van der Waals surface area contributed by atoms with Gasteiger partial charge in [-0.3, -0.25) is 4.79 Å². The van der Waals surface area contributed by atoms with E-state index < -0.39 is 41.0 Å². The molecule has 0 atom stereocenters. The van der Waals surface area contributed by atoms with E-state index in [1.807, 2.05) is 0 Å². The summed E-state index contributed by atoms with van der Waals surface area (Å²) in [6, 6.07) is 0.481. The van der Waals surface area contributed by atoms with Crippen molar-refractivity contribution in [1.29, 1.82) is 0 Å². The molecule has 0 aromatic carbocycles. The van der Waals surface area contributed by atoms with Crippen LogP contribution in [0.2, 0.25) is 5.15 Å². The Bertz CT molecular complexity index is 374. The van der Waals surface area contributed by atoms with Crippen molar-refractivity contribution in [3.63, 3.8) is 0 Å². The molecule has 1 rings (SSSR count). The van der Waals surface area contributed by atoms with Gasteiger partial charge in [-0.05, 0) is 0 Å². The highest BCUT2D eigenvalue weighted by molar-refractivity contribution is 6.30. The fourth-order valence-electron chi connectivity index (χ4n) is 0.949. The minimum atomic E-state index is -2.95. The van der Waals surface area contributed by atoms with Crippen LogP contribution in [0.25, 0.3) is 0 Å². The van der Waals surface area contributed by atoms with E-state index in [0.29, 0.717) is 6.07 Å². The Hall–Kier alpha value is -1.30. The van der Waals surface area contributed by atoms with Crippen LogP contribution in [0.3, 0.4) is 0 Å². The third kappa shape index (κ3) is 2.82. The van der Waals surface area contributed by atoms with Gasteiger partial charge in [0.1, 0.15) is 16.7 Å². The van der Waals surface area contributed by atoms with Crippen LogP contribution >= 0.6 is 11.6 Å². The molecule has 0 bridgehead atoms. The molecular weight excluding hydrogens is 235 g/mol. The summed E-state index contributed by atoms with van der Waals surface area (Å²) >= 11 is 5.38. The number of nitrogens with zero attached hydrogens (tertiary/aromatic N) is 1. The van der Waals surface area contributed by atoms with Gasteiger partial charge in [-0.25, -0.2) is 18.2 Å². The number of halogens is 4. The van der Waals surface area contributed by atoms with Gasteiger partial charge in [0.05, 0.1) is 6.42 Å². The van der Waals surface area contributed by atoms with Crippen molar-refractivity contribution < 1.29 is 23.1 Å². The zero-order chi connectivity index (χ0) is 11.6. The normalized spacial score (nSPS) is 10.7. The Balaban J connectivity index is 3.15. The van der Waals surface area contributed by atoms with E-state index in [0.717, 1.165) is 0 Å². The molecule has 0 aliphatic heterocycles. The number of pyridine rings is 1. The van der Waals surface area contributed by atoms with Crippen LogP contribution in [0.4, 0.5) is 13.2 Å². The quantitative estimate of drug-likeness (QED) is 0.824. The smallest absolute Gasteiger partial charge is 0.308 e. The molecule has 0 aliphatic carbocycles. The van der Waals surface area contributed by atoms with E-state index in [1.165, 1.54) is 0 Å². The molecule has 1 aromatic heterocycles. The van der Waals surface area contributed by atoms with Gasteiger partial charge in [0.2, 0.25) is 0 Å². The second kappa shape index (κ2) is 4.48. The van der Waals surface area contributed by atoms with Crippen molar-refractivity contribution >= 4 is 17.6 Å². The molecular formula is C8H5ClF3NO2. The zero-order valence-electron chi connectivity index (χ0n) is 7.18. The fraction of sp³-hybridized carbons (Fsp3) is 0.250. The molecule has 0 saturated carbocycles. The van der Waals surface area contributed by atoms with E-state index in [9.17, 15) is 18.0 Å². The Morgan fingerprint density at radius 2 is 2.20 bits per heavy atom. The van der Waals surface area contributed by atoms with Gasteiger partial charge < -0.3 is 5.11 Å². The molecule has 7 heteroatoms. The predicted molar refractivity (Wildman–Crippen MR) is 45.5 cm³/mol. The first-order chi connectivity index (χ1) is 6.91. The molecule has 15 heavy (non-hydrogen) atoms. The zero-order valence-corrected chi connectivity index (χ0v) is 7.93. The van der Waals surface area contributed by atoms with Crippen molar-refractivity contribution in [2.24, 2.45) is 0 Å². The minimum Gasteiger partial charge on any atom is -0.481 e. The SMILES string of the molecule is O=C(O)Cc1c(F)cc(C(F)F)nc1Cl. The third-order valence-electron chi connectivity index (χ3n) is 1.59. The highest BCUT2D eigenvalue weighted by Gasteiger charge is 2.18. The third-order valence-corrected chi connectivity index (χ3v) is 1.90. The number of hydrogen-bond acceptors (Lipinski definition) is 2. The summed E-state index contributed by atoms with van der Waals surface area (Å²) < 4.78 is 37.3. The molecule has 1 N–H and O–H groups in total. The lowest BCUT2D eigenvalue weighted by Gasteiger charge is -2.05. The maximum Gasteiger partial charge on any atom is 0.308 e. The highest BCUT2D eigenvalue weighted by Crippen LogP contribution is 2.24. The van der Waals surface area contributed by atoms with E-state index >= 15 is 0 Å². The molecule has 0 saturated heterocycles. The Morgan fingerprint density at radius 3 is 2.60 bits per heavy atom. The van der Waals surface area contributed by atoms with E-state index in [-0.39, 0.29) is 0 Å². The summed E-state index contributed by atoms with van der Waals surface area (Å²) in [5.41, 5.74) is -1.21. The number of carboxylic acids is 1. The Kier molecular flexibility index (Phi) is 3.52. The van der Waals surface area contributed by atoms with Gasteiger partial charge >= 0.3 is 5.97 Å². The van der Waals surface area contributed by atoms with Crippen molar-refractivity contribution in [2.75, 3.05) is 0 Å². The van der Waals surface area contributed by atoms with Gasteiger partial charge in [-0.1, -0.05) is 11.6 Å². The number of aliphatic carboxylic acids is 1. The lowest BCUT2D eigenvalue weighted by atomic mass is 10.2. The molecule has 0 unspecified atom stereocenters. The summed E-state index contributed by atoms with van der Waals surface area (Å²) in [6.07, 6.45) is -3.64. The Labute approximate surface area is 87.5 Å². The first kappa shape index (κ1) is 11.8. The molecule has 0 fully saturated rings. The minimum absolute atomic E-state index is 0.395. The Morgan fingerprint density at radius 1 is 1.60 bits per heavy atom. The molecule has 3 nitrogen and oxygen atoms in total. The van der Waals surface area contributed by atoms with Crippen LogP contribution < -0.4 is 0 Å². The van der Waals surface area contributed by atoms with E-state index in [4.69, 9.17) is 16.7 Å². The summed E-state index contributed by atoms with van der Waals surface area (Å²) in [6.45, 7) is 0. The highest BCUT2D eigenvalue weighted by atomic mass is 35.5. The first-order valence-electron chi connectivity index (χ1n) is 3.76. The average molecular weight is 240 g/mol. The number of carbonyl (C=O) groups is 1. The largest absolute Gasteiger partial charge is 0.481 e. The second-order valence-electron chi connectivity index (χ2n) is 2.67. The molecule has 1 aromatic rings. The maximum atomic E-state index is 13.1. The maximum absolute atomic E-state index is 13.1. The van der Waals surface area contributed by atoms with Gasteiger partial charge in [0.25, 0.3) is 6.43 Å². The summed E-state index contributed by atoms with van der Waals surface area (Å²) in [7, 11) is 0. The molecule has 0 aliphatic rings. The van der Waals surface area contributed by atoms with Gasteiger partial charge in [-0.2, -0.15) is 0 Å². The van der Waals surface area contributed by atoms with Crippen LogP contribution in [0.5, 0.6) is 0 Å². The van der Waals surface area contributed by atoms with Crippen LogP contribution in [-0.4, -0.2) is 16.1 Å². The average Bonchev–Trinajstić information content (AvgIpc) is 2.10. The summed E-state index contributed by atoms with van der Waals surface area (Å²) in [5, 5.41) is 7.84. The summed E-state index contributed by atoms with van der Waals surface area (Å²) in [5.74, 6) is -2.41. The van der Waals surface area contributed by atoms with E-state index in [1.54, 1.807) is 0 Å². The number of hydrogen-bond donors (Lipinski definition) is 1. The molecule has 0 radical (unpaired) electrons. The number of carboxylic acid groups (broad SMARTS) is 1. The molecule has 1 heterocycles. The standard InChI is InChI=1S/C8H5ClF3NO2/c9-7-3(1-6(14)15)4(10)2-5(13-7)8(11)12/h2,8H,1H2,(H,14,15). The molecule has 0 amide bonds. The van der Waals surface area contributed by atoms with Crippen molar-refractivity contribution in [1.82, 2.24) is 4.98 Å². The van der Waals surface area contributed by atoms with Crippen molar-refractivity contribution in [3.8, 4) is 0 Å². The van der Waals surface area contributed by atoms with Gasteiger partial charge in [0, 0.05) is 11.6 Å². The van der Waals surface area contributed by atoms with Crippen molar-refractivity contribution in [2.45, 2.75) is 12.8 Å². The van der Waals surface area contributed by atoms with Crippen LogP contribution in [0.15, 0.2) is 6.07 Å². The van der Waals surface area contributed by atoms with Crippen molar-refractivity contribution in [3.05, 3.63) is 28.3 Å². The fourth-order valence-corrected chi connectivity index (χ4v) is 1.20. The predicted octanol–water partition coefficient (Wildman–Crippen LogP) is 2.44.